The first-order valence-electron chi connectivity index (χ1n) is 9.65. The fourth-order valence-electron chi connectivity index (χ4n) is 3.31. The molecule has 0 aliphatic heterocycles. The third kappa shape index (κ3) is 5.08. The van der Waals surface area contributed by atoms with Gasteiger partial charge in [-0.3, -0.25) is 9.78 Å². The number of aliphatic hydroxyl groups is 1. The van der Waals surface area contributed by atoms with Crippen LogP contribution in [0.2, 0.25) is 0 Å². The highest BCUT2D eigenvalue weighted by Gasteiger charge is 2.15. The number of methoxy groups -OCH3 is 1. The number of Topliss-reactive ketones (excluding diaryl/α,β-unsaturated/α-hetero) is 1. The van der Waals surface area contributed by atoms with E-state index in [1.54, 1.807) is 19.4 Å². The first-order chi connectivity index (χ1) is 14.1. The lowest BCUT2D eigenvalue weighted by molar-refractivity contribution is 0.0987. The highest BCUT2D eigenvalue weighted by Crippen LogP contribution is 2.26. The highest BCUT2D eigenvalue weighted by molar-refractivity contribution is 5.96. The summed E-state index contributed by atoms with van der Waals surface area (Å²) in [5.41, 5.74) is 5.59. The standard InChI is InChI=1S/C24H26N2O3/c1-17-19(9-6-10-21(17)18-7-4-3-5-8-18)13-23(28)22-14-24(29-2)20(16-26-22)15-25-11-12-27/h3-10,14,16,25,27H,11-13,15H2,1-2H3. The summed E-state index contributed by atoms with van der Waals surface area (Å²) < 4.78 is 5.42. The summed E-state index contributed by atoms with van der Waals surface area (Å²) in [6.07, 6.45) is 1.94. The SMILES string of the molecule is COc1cc(C(=O)Cc2cccc(-c3ccccc3)c2C)ncc1CNCCO. The number of aromatic nitrogens is 1. The van der Waals surface area contributed by atoms with Crippen LogP contribution >= 0.6 is 0 Å². The number of ketones is 1. The maximum absolute atomic E-state index is 12.9. The van der Waals surface area contributed by atoms with Gasteiger partial charge in [-0.15, -0.1) is 0 Å². The Balaban J connectivity index is 1.80. The maximum Gasteiger partial charge on any atom is 0.185 e. The van der Waals surface area contributed by atoms with E-state index in [2.05, 4.69) is 35.4 Å². The summed E-state index contributed by atoms with van der Waals surface area (Å²) in [6.45, 7) is 3.12. The van der Waals surface area contributed by atoms with Gasteiger partial charge in [0.1, 0.15) is 11.4 Å². The molecule has 5 nitrogen and oxygen atoms in total. The van der Waals surface area contributed by atoms with Crippen molar-refractivity contribution in [3.8, 4) is 16.9 Å². The molecule has 0 unspecified atom stereocenters. The number of aliphatic hydroxyl groups excluding tert-OH is 1. The van der Waals surface area contributed by atoms with Crippen molar-refractivity contribution in [3.05, 3.63) is 83.2 Å². The zero-order valence-corrected chi connectivity index (χ0v) is 16.8. The number of ether oxygens (including phenoxy) is 1. The number of pyridine rings is 1. The lowest BCUT2D eigenvalue weighted by atomic mass is 9.93. The molecule has 1 heterocycles. The Morgan fingerprint density at radius 3 is 2.62 bits per heavy atom. The Hall–Kier alpha value is -3.02. The molecule has 0 aliphatic carbocycles. The minimum atomic E-state index is -0.0496. The van der Waals surface area contributed by atoms with Crippen LogP contribution < -0.4 is 10.1 Å². The number of benzene rings is 2. The van der Waals surface area contributed by atoms with Crippen LogP contribution in [0.15, 0.2) is 60.8 Å². The molecule has 0 atom stereocenters. The minimum absolute atomic E-state index is 0.0496. The second-order valence-electron chi connectivity index (χ2n) is 6.84. The van der Waals surface area contributed by atoms with E-state index in [9.17, 15) is 4.79 Å². The van der Waals surface area contributed by atoms with E-state index in [0.717, 1.165) is 27.8 Å². The van der Waals surface area contributed by atoms with E-state index >= 15 is 0 Å². The Bertz CT molecular complexity index is 971. The summed E-state index contributed by atoms with van der Waals surface area (Å²) >= 11 is 0. The Morgan fingerprint density at radius 2 is 1.90 bits per heavy atom. The molecular formula is C24H26N2O3. The number of hydrogen-bond donors (Lipinski definition) is 2. The van der Waals surface area contributed by atoms with Gasteiger partial charge >= 0.3 is 0 Å². The lowest BCUT2D eigenvalue weighted by Crippen LogP contribution is -2.18. The van der Waals surface area contributed by atoms with E-state index in [4.69, 9.17) is 9.84 Å². The zero-order chi connectivity index (χ0) is 20.6. The molecule has 3 rings (SSSR count). The van der Waals surface area contributed by atoms with Crippen molar-refractivity contribution in [1.82, 2.24) is 10.3 Å². The topological polar surface area (TPSA) is 71.5 Å². The first-order valence-corrected chi connectivity index (χ1v) is 9.65. The van der Waals surface area contributed by atoms with Gasteiger partial charge in [-0.25, -0.2) is 0 Å². The van der Waals surface area contributed by atoms with Gasteiger partial charge in [-0.1, -0.05) is 48.5 Å². The molecular weight excluding hydrogens is 364 g/mol. The van der Waals surface area contributed by atoms with E-state index in [-0.39, 0.29) is 18.8 Å². The van der Waals surface area contributed by atoms with Crippen molar-refractivity contribution in [2.24, 2.45) is 0 Å². The average molecular weight is 390 g/mol. The van der Waals surface area contributed by atoms with Gasteiger partial charge in [-0.2, -0.15) is 0 Å². The zero-order valence-electron chi connectivity index (χ0n) is 16.8. The van der Waals surface area contributed by atoms with Crippen LogP contribution in [0.5, 0.6) is 5.75 Å². The van der Waals surface area contributed by atoms with Crippen LogP contribution in [0.3, 0.4) is 0 Å². The number of rotatable bonds is 9. The Morgan fingerprint density at radius 1 is 1.10 bits per heavy atom. The van der Waals surface area contributed by atoms with Gasteiger partial charge in [0.25, 0.3) is 0 Å². The molecule has 3 aromatic rings. The van der Waals surface area contributed by atoms with Crippen molar-refractivity contribution in [1.29, 1.82) is 0 Å². The number of hydrogen-bond acceptors (Lipinski definition) is 5. The number of nitrogens with zero attached hydrogens (tertiary/aromatic N) is 1. The number of carbonyl (C=O) groups is 1. The van der Waals surface area contributed by atoms with Crippen LogP contribution in [0.4, 0.5) is 0 Å². The van der Waals surface area contributed by atoms with Crippen molar-refractivity contribution >= 4 is 5.78 Å². The van der Waals surface area contributed by atoms with Gasteiger partial charge in [0, 0.05) is 37.3 Å². The Kier molecular flexibility index (Phi) is 7.11. The van der Waals surface area contributed by atoms with Crippen LogP contribution in [-0.4, -0.2) is 36.1 Å². The lowest BCUT2D eigenvalue weighted by Gasteiger charge is -2.13. The fourth-order valence-corrected chi connectivity index (χ4v) is 3.31. The molecule has 0 amide bonds. The molecule has 0 aliphatic rings. The first kappa shape index (κ1) is 20.7. The summed E-state index contributed by atoms with van der Waals surface area (Å²) in [4.78, 5) is 17.2. The normalized spacial score (nSPS) is 10.7. The fraction of sp³-hybridized carbons (Fsp3) is 0.250. The quantitative estimate of drug-likeness (QED) is 0.432. The van der Waals surface area contributed by atoms with E-state index < -0.39 is 0 Å². The summed E-state index contributed by atoms with van der Waals surface area (Å²) in [6, 6.07) is 17.9. The molecule has 0 saturated heterocycles. The molecule has 29 heavy (non-hydrogen) atoms. The third-order valence-corrected chi connectivity index (χ3v) is 4.94. The molecule has 0 saturated carbocycles. The smallest absolute Gasteiger partial charge is 0.185 e. The van der Waals surface area contributed by atoms with Crippen molar-refractivity contribution in [2.75, 3.05) is 20.3 Å². The molecule has 150 valence electrons. The summed E-state index contributed by atoms with van der Waals surface area (Å²) in [5, 5.41) is 12.0. The van der Waals surface area contributed by atoms with E-state index in [1.807, 2.05) is 30.3 Å². The van der Waals surface area contributed by atoms with Gasteiger partial charge in [0.15, 0.2) is 5.78 Å². The molecule has 1 aromatic heterocycles. The van der Waals surface area contributed by atoms with Gasteiger partial charge < -0.3 is 15.2 Å². The van der Waals surface area contributed by atoms with E-state index in [1.165, 1.54) is 0 Å². The van der Waals surface area contributed by atoms with E-state index in [0.29, 0.717) is 24.5 Å². The van der Waals surface area contributed by atoms with Crippen molar-refractivity contribution < 1.29 is 14.6 Å². The second-order valence-corrected chi connectivity index (χ2v) is 6.84. The van der Waals surface area contributed by atoms with Crippen LogP contribution in [0.1, 0.15) is 27.2 Å². The third-order valence-electron chi connectivity index (χ3n) is 4.94. The maximum atomic E-state index is 12.9. The van der Waals surface area contributed by atoms with Gasteiger partial charge in [-0.05, 0) is 29.2 Å². The summed E-state index contributed by atoms with van der Waals surface area (Å²) in [5.74, 6) is 0.565. The average Bonchev–Trinajstić information content (AvgIpc) is 2.76. The van der Waals surface area contributed by atoms with Gasteiger partial charge in [0.2, 0.25) is 0 Å². The largest absolute Gasteiger partial charge is 0.496 e. The number of nitrogens with one attached hydrogen (secondary N) is 1. The molecule has 2 aromatic carbocycles. The summed E-state index contributed by atoms with van der Waals surface area (Å²) in [7, 11) is 1.58. The molecule has 5 heteroatoms. The molecule has 0 fully saturated rings. The molecule has 2 N–H and O–H groups in total. The van der Waals surface area contributed by atoms with Crippen LogP contribution in [0.25, 0.3) is 11.1 Å². The highest BCUT2D eigenvalue weighted by atomic mass is 16.5. The van der Waals surface area contributed by atoms with Crippen LogP contribution in [-0.2, 0) is 13.0 Å². The number of carbonyl (C=O) groups excluding carboxylic acids is 1. The van der Waals surface area contributed by atoms with Gasteiger partial charge in [0.05, 0.1) is 13.7 Å². The molecule has 0 bridgehead atoms. The molecule has 0 radical (unpaired) electrons. The Labute approximate surface area is 171 Å². The van der Waals surface area contributed by atoms with Crippen molar-refractivity contribution in [3.63, 3.8) is 0 Å². The monoisotopic (exact) mass is 390 g/mol. The minimum Gasteiger partial charge on any atom is -0.496 e. The predicted octanol–water partition coefficient (Wildman–Crippen LogP) is 3.57. The predicted molar refractivity (Wildman–Crippen MR) is 114 cm³/mol. The van der Waals surface area contributed by atoms with Crippen LogP contribution in [0, 0.1) is 6.92 Å². The van der Waals surface area contributed by atoms with Crippen molar-refractivity contribution in [2.45, 2.75) is 19.9 Å². The second kappa shape index (κ2) is 9.96. The molecule has 0 spiro atoms.